The van der Waals surface area contributed by atoms with Gasteiger partial charge >= 0.3 is 5.69 Å². The molecule has 1 aliphatic rings. The van der Waals surface area contributed by atoms with Gasteiger partial charge in [0.15, 0.2) is 5.78 Å². The first-order valence-corrected chi connectivity index (χ1v) is 9.34. The molecule has 8 nitrogen and oxygen atoms in total. The van der Waals surface area contributed by atoms with E-state index >= 15 is 0 Å². The zero-order valence-corrected chi connectivity index (χ0v) is 16.9. The fourth-order valence-electron chi connectivity index (χ4n) is 3.63. The average Bonchev–Trinajstić information content (AvgIpc) is 2.68. The second-order valence-electron chi connectivity index (χ2n) is 7.37. The number of hydrogen-bond acceptors (Lipinski definition) is 6. The standard InChI is InChI=1S/C20H27N5O3/c1-13-6-5-7-15(14(13)2)25-10-8-24(9-11-25)12-16(26)17-18(21)22(3)20(28)23(4)19(17)27/h5-7H,8-12,21H2,1-4H3. The average molecular weight is 385 g/mol. The Morgan fingerprint density at radius 2 is 1.68 bits per heavy atom. The number of aryl methyl sites for hydroxylation is 1. The first kappa shape index (κ1) is 19.9. The lowest BCUT2D eigenvalue weighted by Gasteiger charge is -2.36. The maximum atomic E-state index is 12.8. The Kier molecular flexibility index (Phi) is 5.42. The van der Waals surface area contributed by atoms with E-state index < -0.39 is 11.2 Å². The Labute approximate surface area is 163 Å². The summed E-state index contributed by atoms with van der Waals surface area (Å²) in [6.45, 7) is 7.37. The third-order valence-corrected chi connectivity index (χ3v) is 5.64. The van der Waals surface area contributed by atoms with E-state index in [0.29, 0.717) is 13.1 Å². The number of rotatable bonds is 4. The summed E-state index contributed by atoms with van der Waals surface area (Å²) in [7, 11) is 2.81. The van der Waals surface area contributed by atoms with Crippen LogP contribution in [0, 0.1) is 13.8 Å². The highest BCUT2D eigenvalue weighted by Crippen LogP contribution is 2.23. The minimum Gasteiger partial charge on any atom is -0.384 e. The third kappa shape index (κ3) is 3.47. The predicted octanol–water partition coefficient (Wildman–Crippen LogP) is 0.288. The normalized spacial score (nSPS) is 15.1. The molecule has 1 aliphatic heterocycles. The lowest BCUT2D eigenvalue weighted by atomic mass is 10.1. The second-order valence-corrected chi connectivity index (χ2v) is 7.37. The monoisotopic (exact) mass is 385 g/mol. The second kappa shape index (κ2) is 7.63. The van der Waals surface area contributed by atoms with Gasteiger partial charge in [0.05, 0.1) is 6.54 Å². The number of hydrogen-bond donors (Lipinski definition) is 1. The lowest BCUT2D eigenvalue weighted by molar-refractivity contribution is 0.0924. The van der Waals surface area contributed by atoms with E-state index in [-0.39, 0.29) is 23.7 Å². The largest absolute Gasteiger partial charge is 0.384 e. The number of nitrogens with two attached hydrogens (primary N) is 1. The van der Waals surface area contributed by atoms with Gasteiger partial charge in [-0.25, -0.2) is 4.79 Å². The van der Waals surface area contributed by atoms with Gasteiger partial charge in [-0.1, -0.05) is 12.1 Å². The quantitative estimate of drug-likeness (QED) is 0.761. The number of ketones is 1. The zero-order valence-electron chi connectivity index (χ0n) is 16.9. The third-order valence-electron chi connectivity index (χ3n) is 5.64. The van der Waals surface area contributed by atoms with Crippen molar-refractivity contribution >= 4 is 17.3 Å². The van der Waals surface area contributed by atoms with Crippen molar-refractivity contribution in [2.24, 2.45) is 14.1 Å². The van der Waals surface area contributed by atoms with Crippen LogP contribution >= 0.6 is 0 Å². The fraction of sp³-hybridized carbons (Fsp3) is 0.450. The smallest absolute Gasteiger partial charge is 0.332 e. The van der Waals surface area contributed by atoms with E-state index in [0.717, 1.165) is 22.2 Å². The first-order chi connectivity index (χ1) is 13.2. The van der Waals surface area contributed by atoms with Crippen molar-refractivity contribution in [3.63, 3.8) is 0 Å². The Balaban J connectivity index is 1.72. The number of Topliss-reactive ketones (excluding diaryl/α,β-unsaturated/α-hetero) is 1. The van der Waals surface area contributed by atoms with Crippen LogP contribution in [0.2, 0.25) is 0 Å². The van der Waals surface area contributed by atoms with Crippen LogP contribution in [0.25, 0.3) is 0 Å². The van der Waals surface area contributed by atoms with Crippen molar-refractivity contribution in [1.82, 2.24) is 14.0 Å². The van der Waals surface area contributed by atoms with E-state index in [1.807, 2.05) is 4.90 Å². The predicted molar refractivity (Wildman–Crippen MR) is 110 cm³/mol. The molecule has 150 valence electrons. The molecule has 28 heavy (non-hydrogen) atoms. The van der Waals surface area contributed by atoms with Gasteiger partial charge in [0.2, 0.25) is 0 Å². The highest BCUT2D eigenvalue weighted by molar-refractivity contribution is 6.01. The van der Waals surface area contributed by atoms with Gasteiger partial charge in [0, 0.05) is 46.0 Å². The SMILES string of the molecule is Cc1cccc(N2CCN(CC(=O)c3c(N)n(C)c(=O)n(C)c3=O)CC2)c1C. The zero-order chi connectivity index (χ0) is 20.6. The molecular weight excluding hydrogens is 358 g/mol. The summed E-state index contributed by atoms with van der Waals surface area (Å²) in [5.41, 5.74) is 8.36. The van der Waals surface area contributed by atoms with Gasteiger partial charge in [-0.05, 0) is 31.0 Å². The van der Waals surface area contributed by atoms with Crippen LogP contribution in [-0.2, 0) is 14.1 Å². The molecule has 1 aromatic carbocycles. The number of anilines is 2. The molecule has 3 rings (SSSR count). The highest BCUT2D eigenvalue weighted by atomic mass is 16.2. The molecule has 0 saturated carbocycles. The molecule has 0 spiro atoms. The van der Waals surface area contributed by atoms with Crippen molar-refractivity contribution < 1.29 is 4.79 Å². The molecule has 0 amide bonds. The molecule has 2 aromatic rings. The van der Waals surface area contributed by atoms with E-state index in [9.17, 15) is 14.4 Å². The van der Waals surface area contributed by atoms with Crippen LogP contribution in [0.1, 0.15) is 21.5 Å². The van der Waals surface area contributed by atoms with Crippen LogP contribution in [-0.4, -0.2) is 52.5 Å². The Morgan fingerprint density at radius 1 is 1.04 bits per heavy atom. The van der Waals surface area contributed by atoms with Gasteiger partial charge in [-0.15, -0.1) is 0 Å². The molecule has 0 atom stereocenters. The molecule has 2 heterocycles. The Bertz CT molecular complexity index is 1030. The minimum absolute atomic E-state index is 0.0767. The van der Waals surface area contributed by atoms with Crippen molar-refractivity contribution in [1.29, 1.82) is 0 Å². The summed E-state index contributed by atoms with van der Waals surface area (Å²) in [6.07, 6.45) is 0. The number of carbonyl (C=O) groups is 1. The molecule has 0 radical (unpaired) electrons. The molecule has 1 saturated heterocycles. The molecule has 0 bridgehead atoms. The summed E-state index contributed by atoms with van der Waals surface area (Å²) in [5, 5.41) is 0. The van der Waals surface area contributed by atoms with Gasteiger partial charge in [-0.2, -0.15) is 0 Å². The van der Waals surface area contributed by atoms with Crippen LogP contribution < -0.4 is 21.9 Å². The van der Waals surface area contributed by atoms with E-state index in [4.69, 9.17) is 5.73 Å². The summed E-state index contributed by atoms with van der Waals surface area (Å²) in [5.74, 6) is -0.430. The molecule has 0 aliphatic carbocycles. The summed E-state index contributed by atoms with van der Waals surface area (Å²) in [4.78, 5) is 41.4. The summed E-state index contributed by atoms with van der Waals surface area (Å²) >= 11 is 0. The highest BCUT2D eigenvalue weighted by Gasteiger charge is 2.25. The van der Waals surface area contributed by atoms with Crippen molar-refractivity contribution in [3.8, 4) is 0 Å². The van der Waals surface area contributed by atoms with Crippen LogP contribution in [0.15, 0.2) is 27.8 Å². The Hall–Kier alpha value is -2.87. The molecule has 0 unspecified atom stereocenters. The van der Waals surface area contributed by atoms with Crippen molar-refractivity contribution in [2.45, 2.75) is 13.8 Å². The van der Waals surface area contributed by atoms with E-state index in [2.05, 4.69) is 36.9 Å². The maximum Gasteiger partial charge on any atom is 0.332 e. The molecular formula is C20H27N5O3. The first-order valence-electron chi connectivity index (χ1n) is 9.34. The number of benzene rings is 1. The van der Waals surface area contributed by atoms with Crippen LogP contribution in [0.3, 0.4) is 0 Å². The van der Waals surface area contributed by atoms with Crippen LogP contribution in [0.5, 0.6) is 0 Å². The van der Waals surface area contributed by atoms with Gasteiger partial charge < -0.3 is 10.6 Å². The van der Waals surface area contributed by atoms with E-state index in [1.54, 1.807) is 0 Å². The van der Waals surface area contributed by atoms with E-state index in [1.165, 1.54) is 30.9 Å². The molecule has 1 aromatic heterocycles. The summed E-state index contributed by atoms with van der Waals surface area (Å²) in [6, 6.07) is 6.29. The number of nitrogens with zero attached hydrogens (tertiary/aromatic N) is 4. The van der Waals surface area contributed by atoms with Crippen LogP contribution in [0.4, 0.5) is 11.5 Å². The van der Waals surface area contributed by atoms with Crippen molar-refractivity contribution in [3.05, 3.63) is 55.7 Å². The lowest BCUT2D eigenvalue weighted by Crippen LogP contribution is -2.49. The number of aromatic nitrogens is 2. The maximum absolute atomic E-state index is 12.8. The number of carbonyl (C=O) groups excluding carboxylic acids is 1. The fourth-order valence-corrected chi connectivity index (χ4v) is 3.63. The molecule has 1 fully saturated rings. The van der Waals surface area contributed by atoms with Crippen molar-refractivity contribution in [2.75, 3.05) is 43.4 Å². The number of nitrogen functional groups attached to an aromatic ring is 1. The van der Waals surface area contributed by atoms with Gasteiger partial charge in [-0.3, -0.25) is 23.6 Å². The number of piperazine rings is 1. The summed E-state index contributed by atoms with van der Waals surface area (Å²) < 4.78 is 2.05. The molecule has 2 N–H and O–H groups in total. The minimum atomic E-state index is -0.639. The van der Waals surface area contributed by atoms with Gasteiger partial charge in [0.25, 0.3) is 5.56 Å². The topological polar surface area (TPSA) is 93.6 Å². The van der Waals surface area contributed by atoms with Gasteiger partial charge in [0.1, 0.15) is 11.4 Å². The molecule has 8 heteroatoms. The Morgan fingerprint density at radius 3 is 2.32 bits per heavy atom.